The predicted octanol–water partition coefficient (Wildman–Crippen LogP) is 3.39. The van der Waals surface area contributed by atoms with Gasteiger partial charge in [0.05, 0.1) is 12.6 Å². The maximum absolute atomic E-state index is 12.7. The second-order valence-electron chi connectivity index (χ2n) is 6.66. The van der Waals surface area contributed by atoms with Gasteiger partial charge in [-0.15, -0.1) is 0 Å². The van der Waals surface area contributed by atoms with Crippen LogP contribution in [-0.2, 0) is 4.79 Å². The van der Waals surface area contributed by atoms with E-state index >= 15 is 0 Å². The summed E-state index contributed by atoms with van der Waals surface area (Å²) in [7, 11) is 1.92. The Morgan fingerprint density at radius 2 is 1.64 bits per heavy atom. The van der Waals surface area contributed by atoms with E-state index in [4.69, 9.17) is 0 Å². The first-order chi connectivity index (χ1) is 12.2. The highest BCUT2D eigenvalue weighted by Gasteiger charge is 2.25. The Kier molecular flexibility index (Phi) is 6.07. The highest BCUT2D eigenvalue weighted by atomic mass is 16.2. The van der Waals surface area contributed by atoms with E-state index in [-0.39, 0.29) is 11.9 Å². The van der Waals surface area contributed by atoms with Crippen molar-refractivity contribution in [2.45, 2.75) is 18.9 Å². The van der Waals surface area contributed by atoms with Crippen LogP contribution in [0.3, 0.4) is 0 Å². The summed E-state index contributed by atoms with van der Waals surface area (Å²) in [6, 6.07) is 20.3. The minimum absolute atomic E-state index is 0.0874. The number of amides is 1. The molecule has 1 amide bonds. The zero-order valence-corrected chi connectivity index (χ0v) is 14.9. The number of rotatable bonds is 7. The Morgan fingerprint density at radius 3 is 2.28 bits per heavy atom. The number of anilines is 1. The van der Waals surface area contributed by atoms with Crippen molar-refractivity contribution in [3.8, 4) is 0 Å². The molecule has 3 rings (SSSR count). The highest BCUT2D eigenvalue weighted by Crippen LogP contribution is 2.23. The molecule has 1 aliphatic heterocycles. The van der Waals surface area contributed by atoms with Crippen molar-refractivity contribution < 1.29 is 4.79 Å². The van der Waals surface area contributed by atoms with Crippen LogP contribution in [0.5, 0.6) is 0 Å². The number of benzene rings is 2. The van der Waals surface area contributed by atoms with Crippen LogP contribution in [-0.4, -0.2) is 48.9 Å². The molecule has 25 heavy (non-hydrogen) atoms. The number of nitrogens with one attached hydrogen (secondary N) is 1. The molecule has 1 heterocycles. The monoisotopic (exact) mass is 337 g/mol. The molecule has 1 fully saturated rings. The van der Waals surface area contributed by atoms with Crippen LogP contribution in [0.1, 0.15) is 24.4 Å². The average molecular weight is 337 g/mol. The van der Waals surface area contributed by atoms with Crippen LogP contribution in [0.25, 0.3) is 0 Å². The first kappa shape index (κ1) is 17.5. The van der Waals surface area contributed by atoms with E-state index in [1.165, 1.54) is 18.4 Å². The van der Waals surface area contributed by atoms with Crippen molar-refractivity contribution in [2.75, 3.05) is 38.5 Å². The fourth-order valence-electron chi connectivity index (χ4n) is 3.37. The molecular formula is C21H27N3O. The van der Waals surface area contributed by atoms with Gasteiger partial charge in [-0.05, 0) is 43.6 Å². The number of nitrogens with zero attached hydrogens (tertiary/aromatic N) is 2. The lowest BCUT2D eigenvalue weighted by Crippen LogP contribution is -2.40. The van der Waals surface area contributed by atoms with Crippen LogP contribution in [0.4, 0.5) is 5.69 Å². The maximum atomic E-state index is 12.7. The smallest absolute Gasteiger partial charge is 0.242 e. The van der Waals surface area contributed by atoms with Gasteiger partial charge in [-0.3, -0.25) is 4.79 Å². The number of para-hydroxylation sites is 1. The molecule has 0 spiro atoms. The number of hydrogen-bond donors (Lipinski definition) is 1. The molecule has 1 unspecified atom stereocenters. The molecule has 0 radical (unpaired) electrons. The van der Waals surface area contributed by atoms with Gasteiger partial charge in [-0.25, -0.2) is 0 Å². The minimum atomic E-state index is 0.0874. The average Bonchev–Trinajstić information content (AvgIpc) is 3.18. The molecule has 0 saturated carbocycles. The lowest BCUT2D eigenvalue weighted by atomic mass is 10.0. The summed E-state index contributed by atoms with van der Waals surface area (Å²) in [5.41, 5.74) is 2.17. The second-order valence-corrected chi connectivity index (χ2v) is 6.66. The third-order valence-corrected chi connectivity index (χ3v) is 4.89. The molecule has 2 aromatic rings. The van der Waals surface area contributed by atoms with Crippen molar-refractivity contribution in [3.63, 3.8) is 0 Å². The summed E-state index contributed by atoms with van der Waals surface area (Å²) in [4.78, 5) is 17.1. The van der Waals surface area contributed by atoms with Gasteiger partial charge in [0.1, 0.15) is 0 Å². The number of carbonyl (C=O) groups is 1. The minimum Gasteiger partial charge on any atom is -0.376 e. The number of hydrogen-bond acceptors (Lipinski definition) is 3. The van der Waals surface area contributed by atoms with Crippen LogP contribution in [0.15, 0.2) is 60.7 Å². The SMILES string of the molecule is CN(C(=O)CNc1ccccc1)C(CN1CCCC1)c1ccccc1. The molecule has 2 aromatic carbocycles. The summed E-state index contributed by atoms with van der Waals surface area (Å²) in [5, 5.41) is 3.22. The van der Waals surface area contributed by atoms with Crippen molar-refractivity contribution >= 4 is 11.6 Å². The van der Waals surface area contributed by atoms with Gasteiger partial charge in [0.15, 0.2) is 0 Å². The molecule has 4 heteroatoms. The summed E-state index contributed by atoms with van der Waals surface area (Å²) in [5.74, 6) is 0.108. The zero-order chi connectivity index (χ0) is 17.5. The fourth-order valence-corrected chi connectivity index (χ4v) is 3.37. The Labute approximate surface area is 150 Å². The van der Waals surface area contributed by atoms with Crippen molar-refractivity contribution in [1.29, 1.82) is 0 Å². The molecule has 1 N–H and O–H groups in total. The van der Waals surface area contributed by atoms with Gasteiger partial charge in [0, 0.05) is 19.3 Å². The van der Waals surface area contributed by atoms with Gasteiger partial charge in [0.25, 0.3) is 0 Å². The molecular weight excluding hydrogens is 310 g/mol. The van der Waals surface area contributed by atoms with Crippen LogP contribution in [0, 0.1) is 0 Å². The van der Waals surface area contributed by atoms with E-state index in [1.54, 1.807) is 0 Å². The first-order valence-corrected chi connectivity index (χ1v) is 9.06. The van der Waals surface area contributed by atoms with Crippen LogP contribution < -0.4 is 5.32 Å². The summed E-state index contributed by atoms with van der Waals surface area (Å²) >= 11 is 0. The van der Waals surface area contributed by atoms with E-state index in [0.717, 1.165) is 25.3 Å². The fraction of sp³-hybridized carbons (Fsp3) is 0.381. The molecule has 0 bridgehead atoms. The summed E-state index contributed by atoms with van der Waals surface area (Å²) < 4.78 is 0. The van der Waals surface area contributed by atoms with Crippen LogP contribution >= 0.6 is 0 Å². The first-order valence-electron chi connectivity index (χ1n) is 9.06. The largest absolute Gasteiger partial charge is 0.376 e. The predicted molar refractivity (Wildman–Crippen MR) is 103 cm³/mol. The van der Waals surface area contributed by atoms with E-state index in [9.17, 15) is 4.79 Å². The lowest BCUT2D eigenvalue weighted by molar-refractivity contribution is -0.130. The summed E-state index contributed by atoms with van der Waals surface area (Å²) in [6.45, 7) is 3.47. The molecule has 1 saturated heterocycles. The molecule has 132 valence electrons. The van der Waals surface area contributed by atoms with E-state index in [2.05, 4.69) is 22.3 Å². The van der Waals surface area contributed by atoms with E-state index < -0.39 is 0 Å². The van der Waals surface area contributed by atoms with E-state index in [1.807, 2.05) is 60.5 Å². The molecule has 0 aromatic heterocycles. The zero-order valence-electron chi connectivity index (χ0n) is 14.9. The van der Waals surface area contributed by atoms with Gasteiger partial charge < -0.3 is 15.1 Å². The topological polar surface area (TPSA) is 35.6 Å². The third-order valence-electron chi connectivity index (χ3n) is 4.89. The molecule has 0 aliphatic carbocycles. The number of likely N-dealkylation sites (N-methyl/N-ethyl adjacent to an activating group) is 1. The van der Waals surface area contributed by atoms with Crippen molar-refractivity contribution in [2.24, 2.45) is 0 Å². The lowest BCUT2D eigenvalue weighted by Gasteiger charge is -2.32. The Morgan fingerprint density at radius 1 is 1.04 bits per heavy atom. The van der Waals surface area contributed by atoms with E-state index in [0.29, 0.717) is 6.54 Å². The van der Waals surface area contributed by atoms with Gasteiger partial charge in [0.2, 0.25) is 5.91 Å². The Hall–Kier alpha value is -2.33. The van der Waals surface area contributed by atoms with Crippen molar-refractivity contribution in [1.82, 2.24) is 9.80 Å². The highest BCUT2D eigenvalue weighted by molar-refractivity contribution is 5.81. The van der Waals surface area contributed by atoms with Gasteiger partial charge in [-0.1, -0.05) is 48.5 Å². The number of likely N-dealkylation sites (tertiary alicyclic amines) is 1. The molecule has 1 atom stereocenters. The quantitative estimate of drug-likeness (QED) is 0.841. The van der Waals surface area contributed by atoms with Gasteiger partial charge >= 0.3 is 0 Å². The maximum Gasteiger partial charge on any atom is 0.242 e. The normalized spacial score (nSPS) is 15.7. The molecule has 4 nitrogen and oxygen atoms in total. The third kappa shape index (κ3) is 4.83. The van der Waals surface area contributed by atoms with Crippen LogP contribution in [0.2, 0.25) is 0 Å². The number of carbonyl (C=O) groups excluding carboxylic acids is 1. The Bertz CT molecular complexity index is 653. The second kappa shape index (κ2) is 8.67. The standard InChI is InChI=1S/C21H27N3O/c1-23(21(25)16-22-19-12-6-3-7-13-19)20(17-24-14-8-9-15-24)18-10-4-2-5-11-18/h2-7,10-13,20,22H,8-9,14-17H2,1H3. The Balaban J connectivity index is 1.67. The van der Waals surface area contributed by atoms with Gasteiger partial charge in [-0.2, -0.15) is 0 Å². The molecule has 1 aliphatic rings. The van der Waals surface area contributed by atoms with Crippen molar-refractivity contribution in [3.05, 3.63) is 66.2 Å². The summed E-state index contributed by atoms with van der Waals surface area (Å²) in [6.07, 6.45) is 2.52.